The van der Waals surface area contributed by atoms with Gasteiger partial charge in [0.2, 0.25) is 0 Å². The van der Waals surface area contributed by atoms with Gasteiger partial charge in [-0.3, -0.25) is 14.9 Å². The van der Waals surface area contributed by atoms with Crippen LogP contribution in [0.15, 0.2) is 54.6 Å². The zero-order valence-electron chi connectivity index (χ0n) is 13.6. The van der Waals surface area contributed by atoms with Crippen molar-refractivity contribution in [3.63, 3.8) is 0 Å². The number of carbonyl (C=O) groups excluding carboxylic acids is 1. The van der Waals surface area contributed by atoms with Crippen LogP contribution in [-0.4, -0.2) is 37.0 Å². The van der Waals surface area contributed by atoms with Gasteiger partial charge in [0.05, 0.1) is 23.7 Å². The molecule has 2 aromatic carbocycles. The third-order valence-electron chi connectivity index (χ3n) is 4.05. The summed E-state index contributed by atoms with van der Waals surface area (Å²) in [7, 11) is 0. The predicted molar refractivity (Wildman–Crippen MR) is 95.9 cm³/mol. The maximum Gasteiger partial charge on any atom is 0.276 e. The average Bonchev–Trinajstić information content (AvgIpc) is 2.67. The maximum absolute atomic E-state index is 12.4. The van der Waals surface area contributed by atoms with Gasteiger partial charge in [-0.1, -0.05) is 24.3 Å². The zero-order valence-corrected chi connectivity index (χ0v) is 13.6. The molecule has 1 fully saturated rings. The smallest absolute Gasteiger partial charge is 0.276 e. The molecule has 0 atom stereocenters. The van der Waals surface area contributed by atoms with Crippen molar-refractivity contribution >= 4 is 23.2 Å². The fourth-order valence-corrected chi connectivity index (χ4v) is 2.73. The Kier molecular flexibility index (Phi) is 5.20. The van der Waals surface area contributed by atoms with E-state index < -0.39 is 4.92 Å². The topological polar surface area (TPSA) is 72.7 Å². The lowest BCUT2D eigenvalue weighted by molar-refractivity contribution is -0.385. The van der Waals surface area contributed by atoms with E-state index in [9.17, 15) is 14.9 Å². The van der Waals surface area contributed by atoms with Gasteiger partial charge < -0.3 is 9.64 Å². The number of hydrogen-bond donors (Lipinski definition) is 0. The first-order chi connectivity index (χ1) is 12.1. The number of nitro groups is 1. The second-order valence-electron chi connectivity index (χ2n) is 5.66. The van der Waals surface area contributed by atoms with Crippen LogP contribution in [0.3, 0.4) is 0 Å². The number of carbonyl (C=O) groups is 1. The Morgan fingerprint density at radius 3 is 2.64 bits per heavy atom. The highest BCUT2D eigenvalue weighted by molar-refractivity contribution is 6.07. The minimum absolute atomic E-state index is 0.0198. The van der Waals surface area contributed by atoms with Crippen LogP contribution in [0.2, 0.25) is 0 Å². The number of nitro benzene ring substituents is 1. The molecule has 0 aromatic heterocycles. The van der Waals surface area contributed by atoms with E-state index in [0.29, 0.717) is 24.3 Å². The van der Waals surface area contributed by atoms with Crippen molar-refractivity contribution in [2.45, 2.75) is 0 Å². The quantitative estimate of drug-likeness (QED) is 0.362. The molecule has 0 saturated carbocycles. The van der Waals surface area contributed by atoms with E-state index in [2.05, 4.69) is 4.90 Å². The van der Waals surface area contributed by atoms with E-state index in [1.54, 1.807) is 24.3 Å². The fourth-order valence-electron chi connectivity index (χ4n) is 2.73. The molecule has 0 N–H and O–H groups in total. The Morgan fingerprint density at radius 1 is 1.12 bits per heavy atom. The zero-order chi connectivity index (χ0) is 17.6. The summed E-state index contributed by atoms with van der Waals surface area (Å²) in [6.45, 7) is 2.94. The van der Waals surface area contributed by atoms with Gasteiger partial charge in [-0.05, 0) is 30.4 Å². The number of allylic oxidation sites excluding steroid dienone is 1. The van der Waals surface area contributed by atoms with Crippen LogP contribution in [0.25, 0.3) is 6.08 Å². The minimum Gasteiger partial charge on any atom is -0.378 e. The summed E-state index contributed by atoms with van der Waals surface area (Å²) < 4.78 is 5.34. The molecular weight excluding hydrogens is 320 g/mol. The molecule has 1 aliphatic heterocycles. The third kappa shape index (κ3) is 4.10. The second kappa shape index (κ2) is 7.72. The molecule has 0 aliphatic carbocycles. The van der Waals surface area contributed by atoms with Gasteiger partial charge in [0.25, 0.3) is 5.69 Å². The maximum atomic E-state index is 12.4. The first kappa shape index (κ1) is 16.9. The van der Waals surface area contributed by atoms with Gasteiger partial charge in [0.1, 0.15) is 0 Å². The summed E-state index contributed by atoms with van der Waals surface area (Å²) in [6.07, 6.45) is 2.86. The molecule has 0 radical (unpaired) electrons. The van der Waals surface area contributed by atoms with Gasteiger partial charge in [0, 0.05) is 30.4 Å². The summed E-state index contributed by atoms with van der Waals surface area (Å²) in [4.78, 5) is 25.2. The molecule has 1 heterocycles. The van der Waals surface area contributed by atoms with E-state index in [0.717, 1.165) is 18.8 Å². The molecule has 0 bridgehead atoms. The molecule has 0 unspecified atom stereocenters. The van der Waals surface area contributed by atoms with Gasteiger partial charge >= 0.3 is 0 Å². The van der Waals surface area contributed by atoms with E-state index in [1.807, 2.05) is 18.2 Å². The van der Waals surface area contributed by atoms with Crippen molar-refractivity contribution < 1.29 is 14.5 Å². The first-order valence-corrected chi connectivity index (χ1v) is 8.04. The van der Waals surface area contributed by atoms with E-state index >= 15 is 0 Å². The van der Waals surface area contributed by atoms with Gasteiger partial charge in [-0.2, -0.15) is 0 Å². The molecule has 6 nitrogen and oxygen atoms in total. The van der Waals surface area contributed by atoms with E-state index in [1.165, 1.54) is 18.2 Å². The number of rotatable bonds is 5. The molecule has 25 heavy (non-hydrogen) atoms. The summed E-state index contributed by atoms with van der Waals surface area (Å²) in [5.74, 6) is -0.187. The van der Waals surface area contributed by atoms with Gasteiger partial charge in [-0.15, -0.1) is 0 Å². The molecule has 0 amide bonds. The molecule has 3 rings (SSSR count). The van der Waals surface area contributed by atoms with Crippen LogP contribution in [0.4, 0.5) is 11.4 Å². The van der Waals surface area contributed by atoms with Crippen LogP contribution < -0.4 is 4.90 Å². The molecule has 1 saturated heterocycles. The molecule has 1 aliphatic rings. The van der Waals surface area contributed by atoms with Crippen LogP contribution in [0.5, 0.6) is 0 Å². The standard InChI is InChI=1S/C19H18N2O4/c22-19(9-8-15-4-1-2-7-18(15)21(23)24)16-5-3-6-17(14-16)20-10-12-25-13-11-20/h1-9,14H,10-13H2/b9-8+. The van der Waals surface area contributed by atoms with Crippen molar-refractivity contribution in [1.82, 2.24) is 0 Å². The largest absolute Gasteiger partial charge is 0.378 e. The minimum atomic E-state index is -0.455. The number of para-hydroxylation sites is 1. The lowest BCUT2D eigenvalue weighted by Crippen LogP contribution is -2.36. The number of nitrogens with zero attached hydrogens (tertiary/aromatic N) is 2. The van der Waals surface area contributed by atoms with Crippen molar-refractivity contribution in [2.24, 2.45) is 0 Å². The second-order valence-corrected chi connectivity index (χ2v) is 5.66. The summed E-state index contributed by atoms with van der Waals surface area (Å²) in [5.41, 5.74) is 1.92. The van der Waals surface area contributed by atoms with Crippen LogP contribution in [-0.2, 0) is 4.74 Å². The number of benzene rings is 2. The molecule has 2 aromatic rings. The molecular formula is C19H18N2O4. The van der Waals surface area contributed by atoms with Crippen LogP contribution in [0.1, 0.15) is 15.9 Å². The normalized spacial score (nSPS) is 14.6. The number of ketones is 1. The van der Waals surface area contributed by atoms with E-state index in [4.69, 9.17) is 4.74 Å². The number of ether oxygens (including phenoxy) is 1. The van der Waals surface area contributed by atoms with Crippen LogP contribution >= 0.6 is 0 Å². The highest BCUT2D eigenvalue weighted by Gasteiger charge is 2.13. The SMILES string of the molecule is O=C(/C=C/c1ccccc1[N+](=O)[O-])c1cccc(N2CCOCC2)c1. The highest BCUT2D eigenvalue weighted by Crippen LogP contribution is 2.21. The monoisotopic (exact) mass is 338 g/mol. The third-order valence-corrected chi connectivity index (χ3v) is 4.05. The van der Waals surface area contributed by atoms with Crippen molar-refractivity contribution in [3.8, 4) is 0 Å². The van der Waals surface area contributed by atoms with Crippen molar-refractivity contribution in [2.75, 3.05) is 31.2 Å². The number of anilines is 1. The number of morpholine rings is 1. The Labute approximate surface area is 145 Å². The fraction of sp³-hybridized carbons (Fsp3) is 0.211. The first-order valence-electron chi connectivity index (χ1n) is 8.04. The average molecular weight is 338 g/mol. The summed E-state index contributed by atoms with van der Waals surface area (Å²) in [6, 6.07) is 13.7. The Bertz CT molecular complexity index is 811. The summed E-state index contributed by atoms with van der Waals surface area (Å²) >= 11 is 0. The van der Waals surface area contributed by atoms with Gasteiger partial charge in [0.15, 0.2) is 5.78 Å². The van der Waals surface area contributed by atoms with Gasteiger partial charge in [-0.25, -0.2) is 0 Å². The molecule has 6 heteroatoms. The lowest BCUT2D eigenvalue weighted by Gasteiger charge is -2.29. The molecule has 0 spiro atoms. The summed E-state index contributed by atoms with van der Waals surface area (Å²) in [5, 5.41) is 11.0. The Balaban J connectivity index is 1.78. The highest BCUT2D eigenvalue weighted by atomic mass is 16.6. The molecule has 128 valence electrons. The van der Waals surface area contributed by atoms with Crippen LogP contribution in [0, 0.1) is 10.1 Å². The van der Waals surface area contributed by atoms with E-state index in [-0.39, 0.29) is 11.5 Å². The number of hydrogen-bond acceptors (Lipinski definition) is 5. The Morgan fingerprint density at radius 2 is 1.88 bits per heavy atom. The Hall–Kier alpha value is -2.99. The van der Waals surface area contributed by atoms with Crippen molar-refractivity contribution in [1.29, 1.82) is 0 Å². The predicted octanol–water partition coefficient (Wildman–Crippen LogP) is 3.33. The lowest BCUT2D eigenvalue weighted by atomic mass is 10.1. The van der Waals surface area contributed by atoms with Crippen molar-refractivity contribution in [3.05, 3.63) is 75.8 Å².